The molecule has 2 heterocycles. The predicted molar refractivity (Wildman–Crippen MR) is 82.3 cm³/mol. The van der Waals surface area contributed by atoms with Gasteiger partial charge in [-0.05, 0) is 36.4 Å². The number of pyridine rings is 1. The maximum Gasteiger partial charge on any atom is 0.259 e. The molecule has 3 aromatic rings. The van der Waals surface area contributed by atoms with E-state index in [0.29, 0.717) is 15.7 Å². The molecule has 0 unspecified atom stereocenters. The first-order chi connectivity index (χ1) is 10.6. The Morgan fingerprint density at radius 3 is 2.64 bits per heavy atom. The van der Waals surface area contributed by atoms with Crippen molar-refractivity contribution < 1.29 is 9.18 Å². The molecule has 1 aromatic carbocycles. The Labute approximate surface area is 130 Å². The monoisotopic (exact) mass is 314 g/mol. The van der Waals surface area contributed by atoms with Crippen LogP contribution in [0, 0.1) is 5.82 Å². The topological polar surface area (TPSA) is 59.0 Å². The van der Waals surface area contributed by atoms with E-state index < -0.39 is 0 Å². The van der Waals surface area contributed by atoms with Gasteiger partial charge < -0.3 is 0 Å². The fraction of sp³-hybridized carbons (Fsp3) is 0.0667. The van der Waals surface area contributed by atoms with Gasteiger partial charge in [-0.25, -0.2) is 4.39 Å². The molecule has 0 N–H and O–H groups in total. The van der Waals surface area contributed by atoms with Crippen molar-refractivity contribution in [3.63, 3.8) is 0 Å². The Morgan fingerprint density at radius 1 is 1.18 bits per heavy atom. The van der Waals surface area contributed by atoms with Crippen molar-refractivity contribution in [1.82, 2.24) is 15.2 Å². The number of aromatic nitrogens is 3. The predicted octanol–water partition coefficient (Wildman–Crippen LogP) is 3.02. The number of benzene rings is 1. The summed E-state index contributed by atoms with van der Waals surface area (Å²) in [4.78, 5) is 17.8. The van der Waals surface area contributed by atoms with Crippen LogP contribution in [0.5, 0.6) is 0 Å². The first-order valence-corrected chi connectivity index (χ1v) is 7.24. The highest BCUT2D eigenvalue weighted by atomic mass is 32.1. The lowest BCUT2D eigenvalue weighted by Gasteiger charge is -2.12. The maximum atomic E-state index is 12.9. The Bertz CT molecular complexity index is 789. The van der Waals surface area contributed by atoms with Crippen LogP contribution in [0.2, 0.25) is 0 Å². The van der Waals surface area contributed by atoms with Crippen LogP contribution in [0.25, 0.3) is 10.6 Å². The van der Waals surface area contributed by atoms with Crippen molar-refractivity contribution in [2.75, 3.05) is 11.9 Å². The highest BCUT2D eigenvalue weighted by molar-refractivity contribution is 7.18. The number of carbonyl (C=O) groups excluding carboxylic acids is 1. The largest absolute Gasteiger partial charge is 0.286 e. The van der Waals surface area contributed by atoms with E-state index in [-0.39, 0.29) is 11.7 Å². The number of carbonyl (C=O) groups is 1. The molecular weight excluding hydrogens is 303 g/mol. The van der Waals surface area contributed by atoms with Crippen LogP contribution in [0.3, 0.4) is 0 Å². The van der Waals surface area contributed by atoms with Gasteiger partial charge in [-0.15, -0.1) is 10.2 Å². The van der Waals surface area contributed by atoms with Gasteiger partial charge in [0.25, 0.3) is 5.91 Å². The molecule has 0 spiro atoms. The van der Waals surface area contributed by atoms with Gasteiger partial charge in [0.15, 0.2) is 5.01 Å². The summed E-state index contributed by atoms with van der Waals surface area (Å²) < 4.78 is 12.9. The van der Waals surface area contributed by atoms with Crippen molar-refractivity contribution in [3.05, 3.63) is 60.2 Å². The normalized spacial score (nSPS) is 10.5. The average molecular weight is 314 g/mol. The zero-order valence-corrected chi connectivity index (χ0v) is 12.4. The van der Waals surface area contributed by atoms with Crippen LogP contribution in [0.15, 0.2) is 48.8 Å². The number of rotatable bonds is 3. The molecule has 0 aliphatic carbocycles. The van der Waals surface area contributed by atoms with E-state index in [1.165, 1.54) is 40.5 Å². The van der Waals surface area contributed by atoms with Gasteiger partial charge in [0, 0.05) is 30.6 Å². The van der Waals surface area contributed by atoms with Gasteiger partial charge in [0.05, 0.1) is 0 Å². The molecule has 0 atom stereocenters. The molecule has 22 heavy (non-hydrogen) atoms. The zero-order chi connectivity index (χ0) is 15.5. The summed E-state index contributed by atoms with van der Waals surface area (Å²) in [7, 11) is 1.61. The molecule has 2 aromatic heterocycles. The minimum absolute atomic E-state index is 0.270. The Balaban J connectivity index is 1.83. The quantitative estimate of drug-likeness (QED) is 0.745. The van der Waals surface area contributed by atoms with Crippen LogP contribution in [-0.2, 0) is 0 Å². The highest BCUT2D eigenvalue weighted by Gasteiger charge is 2.18. The number of halogens is 1. The molecular formula is C15H11FN4OS. The van der Waals surface area contributed by atoms with E-state index in [1.54, 1.807) is 19.4 Å². The molecule has 3 rings (SSSR count). The number of nitrogens with zero attached hydrogens (tertiary/aromatic N) is 4. The number of hydrogen-bond donors (Lipinski definition) is 0. The summed E-state index contributed by atoms with van der Waals surface area (Å²) >= 11 is 1.29. The number of hydrogen-bond acceptors (Lipinski definition) is 5. The third kappa shape index (κ3) is 2.84. The van der Waals surface area contributed by atoms with Crippen molar-refractivity contribution in [2.45, 2.75) is 0 Å². The fourth-order valence-electron chi connectivity index (χ4n) is 1.83. The summed E-state index contributed by atoms with van der Waals surface area (Å²) in [6.45, 7) is 0. The maximum absolute atomic E-state index is 12.9. The third-order valence-corrected chi connectivity index (χ3v) is 4.05. The zero-order valence-electron chi connectivity index (χ0n) is 11.6. The third-order valence-electron chi connectivity index (χ3n) is 3.01. The molecule has 1 amide bonds. The summed E-state index contributed by atoms with van der Waals surface area (Å²) in [6.07, 6.45) is 3.36. The van der Waals surface area contributed by atoms with Crippen LogP contribution in [0.4, 0.5) is 9.52 Å². The number of anilines is 1. The Kier molecular flexibility index (Phi) is 3.88. The standard InChI is InChI=1S/C15H11FN4OS/c1-20(14(21)10-4-6-12(16)7-5-10)15-19-18-13(22-15)11-3-2-8-17-9-11/h2-9H,1H3. The second-order valence-electron chi connectivity index (χ2n) is 4.50. The first kappa shape index (κ1) is 14.3. The molecule has 110 valence electrons. The van der Waals surface area contributed by atoms with Gasteiger partial charge in [-0.2, -0.15) is 0 Å². The van der Waals surface area contributed by atoms with E-state index >= 15 is 0 Å². The van der Waals surface area contributed by atoms with E-state index in [4.69, 9.17) is 0 Å². The van der Waals surface area contributed by atoms with E-state index in [1.807, 2.05) is 12.1 Å². The fourth-order valence-corrected chi connectivity index (χ4v) is 2.62. The van der Waals surface area contributed by atoms with E-state index in [0.717, 1.165) is 5.56 Å². The summed E-state index contributed by atoms with van der Waals surface area (Å²) in [5.41, 5.74) is 1.23. The molecule has 0 saturated carbocycles. The van der Waals surface area contributed by atoms with Crippen LogP contribution >= 0.6 is 11.3 Å². The molecule has 0 fully saturated rings. The summed E-state index contributed by atoms with van der Waals surface area (Å²) in [5, 5.41) is 9.25. The average Bonchev–Trinajstić information content (AvgIpc) is 3.05. The van der Waals surface area contributed by atoms with Crippen LogP contribution in [-0.4, -0.2) is 28.1 Å². The van der Waals surface area contributed by atoms with Crippen molar-refractivity contribution >= 4 is 22.4 Å². The lowest BCUT2D eigenvalue weighted by Crippen LogP contribution is -2.26. The Morgan fingerprint density at radius 2 is 1.95 bits per heavy atom. The number of amides is 1. The minimum Gasteiger partial charge on any atom is -0.286 e. The SMILES string of the molecule is CN(C(=O)c1ccc(F)cc1)c1nnc(-c2cccnc2)s1. The summed E-state index contributed by atoms with van der Waals surface area (Å²) in [5.74, 6) is -0.650. The molecule has 0 aliphatic rings. The molecule has 0 bridgehead atoms. The van der Waals surface area contributed by atoms with Gasteiger partial charge in [-0.3, -0.25) is 14.7 Å². The second-order valence-corrected chi connectivity index (χ2v) is 5.46. The van der Waals surface area contributed by atoms with Crippen molar-refractivity contribution in [3.8, 4) is 10.6 Å². The van der Waals surface area contributed by atoms with Gasteiger partial charge in [-0.1, -0.05) is 11.3 Å². The second kappa shape index (κ2) is 5.98. The van der Waals surface area contributed by atoms with Crippen molar-refractivity contribution in [1.29, 1.82) is 0 Å². The molecule has 5 nitrogen and oxygen atoms in total. The molecule has 0 aliphatic heterocycles. The van der Waals surface area contributed by atoms with Crippen LogP contribution < -0.4 is 4.90 Å². The minimum atomic E-state index is -0.381. The molecule has 7 heteroatoms. The Hall–Kier alpha value is -2.67. The van der Waals surface area contributed by atoms with E-state index in [9.17, 15) is 9.18 Å². The smallest absolute Gasteiger partial charge is 0.259 e. The van der Waals surface area contributed by atoms with Crippen molar-refractivity contribution in [2.24, 2.45) is 0 Å². The van der Waals surface area contributed by atoms with Crippen LogP contribution in [0.1, 0.15) is 10.4 Å². The lowest BCUT2D eigenvalue weighted by molar-refractivity contribution is 0.0993. The highest BCUT2D eigenvalue weighted by Crippen LogP contribution is 2.28. The first-order valence-electron chi connectivity index (χ1n) is 6.42. The molecule has 0 radical (unpaired) electrons. The van der Waals surface area contributed by atoms with Gasteiger partial charge >= 0.3 is 0 Å². The molecule has 0 saturated heterocycles. The van der Waals surface area contributed by atoms with Gasteiger partial charge in [0.2, 0.25) is 5.13 Å². The summed E-state index contributed by atoms with van der Waals surface area (Å²) in [6, 6.07) is 9.07. The van der Waals surface area contributed by atoms with Gasteiger partial charge in [0.1, 0.15) is 5.82 Å². The lowest BCUT2D eigenvalue weighted by atomic mass is 10.2. The van der Waals surface area contributed by atoms with E-state index in [2.05, 4.69) is 15.2 Å².